The lowest BCUT2D eigenvalue weighted by Crippen LogP contribution is -2.51. The Kier molecular flexibility index (Phi) is 4.92. The number of hydrogen-bond donors (Lipinski definition) is 2. The Morgan fingerprint density at radius 3 is 2.75 bits per heavy atom. The summed E-state index contributed by atoms with van der Waals surface area (Å²) in [5.41, 5.74) is 2.30. The van der Waals surface area contributed by atoms with Gasteiger partial charge in [0, 0.05) is 19.6 Å². The van der Waals surface area contributed by atoms with E-state index in [4.69, 9.17) is 0 Å². The van der Waals surface area contributed by atoms with Gasteiger partial charge in [-0.15, -0.1) is 0 Å². The number of aliphatic hydroxyl groups is 1. The maximum Gasteiger partial charge on any atom is 0.242 e. The van der Waals surface area contributed by atoms with Crippen LogP contribution >= 0.6 is 0 Å². The second-order valence-corrected chi connectivity index (χ2v) is 6.12. The molecule has 4 nitrogen and oxygen atoms in total. The molecule has 2 aromatic carbocycles. The molecule has 1 fully saturated rings. The Hall–Kier alpha value is -2.24. The predicted molar refractivity (Wildman–Crippen MR) is 89.9 cm³/mol. The van der Waals surface area contributed by atoms with Gasteiger partial charge in [0.2, 0.25) is 5.91 Å². The molecule has 24 heavy (non-hydrogen) atoms. The molecule has 2 atom stereocenters. The summed E-state index contributed by atoms with van der Waals surface area (Å²) >= 11 is 0. The number of rotatable bonds is 4. The molecule has 2 unspecified atom stereocenters. The van der Waals surface area contributed by atoms with E-state index in [9.17, 15) is 14.3 Å². The van der Waals surface area contributed by atoms with Crippen molar-refractivity contribution >= 4 is 5.91 Å². The normalized spacial score (nSPS) is 19.8. The Labute approximate surface area is 140 Å². The molecule has 1 amide bonds. The lowest BCUT2D eigenvalue weighted by atomic mass is 9.99. The van der Waals surface area contributed by atoms with E-state index in [0.717, 1.165) is 5.56 Å². The van der Waals surface area contributed by atoms with E-state index >= 15 is 0 Å². The number of halogens is 1. The van der Waals surface area contributed by atoms with E-state index in [-0.39, 0.29) is 11.7 Å². The Morgan fingerprint density at radius 2 is 2.04 bits per heavy atom. The number of piperazine rings is 1. The van der Waals surface area contributed by atoms with Crippen molar-refractivity contribution in [2.45, 2.75) is 19.1 Å². The van der Waals surface area contributed by atoms with Crippen molar-refractivity contribution in [1.82, 2.24) is 10.2 Å². The molecule has 0 spiro atoms. The Bertz CT molecular complexity index is 721. The van der Waals surface area contributed by atoms with E-state index in [2.05, 4.69) is 5.32 Å². The highest BCUT2D eigenvalue weighted by atomic mass is 19.1. The van der Waals surface area contributed by atoms with Crippen molar-refractivity contribution in [3.8, 4) is 0 Å². The van der Waals surface area contributed by atoms with E-state index in [1.165, 1.54) is 12.1 Å². The monoisotopic (exact) mass is 328 g/mol. The number of hydrogen-bond acceptors (Lipinski definition) is 3. The van der Waals surface area contributed by atoms with Crippen LogP contribution in [-0.2, 0) is 4.79 Å². The van der Waals surface area contributed by atoms with Gasteiger partial charge in [0.15, 0.2) is 0 Å². The van der Waals surface area contributed by atoms with Crippen molar-refractivity contribution in [2.75, 3.05) is 19.6 Å². The first-order valence-corrected chi connectivity index (χ1v) is 8.07. The number of aliphatic hydroxyl groups excluding tert-OH is 1. The van der Waals surface area contributed by atoms with Gasteiger partial charge >= 0.3 is 0 Å². The molecule has 2 aromatic rings. The molecule has 126 valence electrons. The summed E-state index contributed by atoms with van der Waals surface area (Å²) in [5.74, 6) is -0.376. The zero-order valence-corrected chi connectivity index (χ0v) is 13.6. The van der Waals surface area contributed by atoms with Gasteiger partial charge in [-0.1, -0.05) is 36.4 Å². The summed E-state index contributed by atoms with van der Waals surface area (Å²) in [7, 11) is 0. The fourth-order valence-electron chi connectivity index (χ4n) is 3.24. The summed E-state index contributed by atoms with van der Waals surface area (Å²) in [6.45, 7) is 3.30. The van der Waals surface area contributed by atoms with Crippen molar-refractivity contribution < 1.29 is 14.3 Å². The van der Waals surface area contributed by atoms with Gasteiger partial charge in [0.05, 0.1) is 6.10 Å². The molecule has 5 heteroatoms. The van der Waals surface area contributed by atoms with Crippen LogP contribution in [0.4, 0.5) is 4.39 Å². The lowest BCUT2D eigenvalue weighted by molar-refractivity contribution is -0.130. The highest BCUT2D eigenvalue weighted by Gasteiger charge is 2.32. The smallest absolute Gasteiger partial charge is 0.242 e. The maximum absolute atomic E-state index is 13.3. The number of aryl methyl sites for hydroxylation is 1. The first-order valence-electron chi connectivity index (χ1n) is 8.07. The predicted octanol–water partition coefficient (Wildman–Crippen LogP) is 2.34. The standard InChI is InChI=1S/C19H21FN2O2/c1-13-11-15(20)7-8-16(13)17(23)12-22-10-9-21-19(24)18(22)14-5-3-2-4-6-14/h2-8,11,17-18,23H,9-10,12H2,1H3,(H,21,24). The molecule has 0 aromatic heterocycles. The SMILES string of the molecule is Cc1cc(F)ccc1C(O)CN1CCNC(=O)C1c1ccccc1. The molecular formula is C19H21FN2O2. The number of amides is 1. The summed E-state index contributed by atoms with van der Waals surface area (Å²) in [6.07, 6.45) is -0.775. The maximum atomic E-state index is 13.3. The van der Waals surface area contributed by atoms with Crippen LogP contribution in [0.3, 0.4) is 0 Å². The Balaban J connectivity index is 1.82. The third-order valence-corrected chi connectivity index (χ3v) is 4.43. The van der Waals surface area contributed by atoms with Crippen LogP contribution in [0.5, 0.6) is 0 Å². The first kappa shape index (κ1) is 16.6. The molecule has 0 radical (unpaired) electrons. The molecule has 1 heterocycles. The topological polar surface area (TPSA) is 52.6 Å². The van der Waals surface area contributed by atoms with Gasteiger partial charge in [0.1, 0.15) is 11.9 Å². The molecule has 2 N–H and O–H groups in total. The van der Waals surface area contributed by atoms with Crippen molar-refractivity contribution in [3.63, 3.8) is 0 Å². The molecule has 1 saturated heterocycles. The third-order valence-electron chi connectivity index (χ3n) is 4.43. The Morgan fingerprint density at radius 1 is 1.29 bits per heavy atom. The minimum Gasteiger partial charge on any atom is -0.387 e. The van der Waals surface area contributed by atoms with Crippen LogP contribution in [-0.4, -0.2) is 35.5 Å². The van der Waals surface area contributed by atoms with Crippen LogP contribution in [0.1, 0.15) is 28.8 Å². The summed E-state index contributed by atoms with van der Waals surface area (Å²) in [4.78, 5) is 14.3. The quantitative estimate of drug-likeness (QED) is 0.906. The van der Waals surface area contributed by atoms with Gasteiger partial charge in [-0.25, -0.2) is 4.39 Å². The zero-order chi connectivity index (χ0) is 17.1. The van der Waals surface area contributed by atoms with Crippen LogP contribution in [0.15, 0.2) is 48.5 Å². The van der Waals surface area contributed by atoms with Crippen molar-refractivity contribution in [2.24, 2.45) is 0 Å². The van der Waals surface area contributed by atoms with Crippen LogP contribution in [0.2, 0.25) is 0 Å². The number of nitrogens with one attached hydrogen (secondary N) is 1. The molecule has 3 rings (SSSR count). The number of carbonyl (C=O) groups is 1. The second kappa shape index (κ2) is 7.11. The third kappa shape index (κ3) is 3.47. The van der Waals surface area contributed by atoms with E-state index < -0.39 is 12.1 Å². The van der Waals surface area contributed by atoms with Crippen LogP contribution in [0, 0.1) is 12.7 Å². The largest absolute Gasteiger partial charge is 0.387 e. The molecule has 0 bridgehead atoms. The number of nitrogens with zero attached hydrogens (tertiary/aromatic N) is 1. The van der Waals surface area contributed by atoms with E-state index in [1.807, 2.05) is 35.2 Å². The summed E-state index contributed by atoms with van der Waals surface area (Å²) < 4.78 is 13.3. The minimum absolute atomic E-state index is 0.0597. The van der Waals surface area contributed by atoms with Crippen molar-refractivity contribution in [3.05, 3.63) is 71.0 Å². The van der Waals surface area contributed by atoms with Crippen LogP contribution in [0.25, 0.3) is 0 Å². The van der Waals surface area contributed by atoms with Gasteiger partial charge in [-0.05, 0) is 35.7 Å². The fraction of sp³-hybridized carbons (Fsp3) is 0.316. The zero-order valence-electron chi connectivity index (χ0n) is 13.6. The summed E-state index contributed by atoms with van der Waals surface area (Å²) in [5, 5.41) is 13.5. The molecule has 0 aliphatic carbocycles. The highest BCUT2D eigenvalue weighted by Crippen LogP contribution is 2.27. The molecular weight excluding hydrogens is 307 g/mol. The van der Waals surface area contributed by atoms with Gasteiger partial charge in [0.25, 0.3) is 0 Å². The number of benzene rings is 2. The lowest BCUT2D eigenvalue weighted by Gasteiger charge is -2.36. The van der Waals surface area contributed by atoms with E-state index in [1.54, 1.807) is 13.0 Å². The highest BCUT2D eigenvalue weighted by molar-refractivity contribution is 5.83. The molecule has 1 aliphatic rings. The van der Waals surface area contributed by atoms with Gasteiger partial charge in [-0.2, -0.15) is 0 Å². The van der Waals surface area contributed by atoms with Gasteiger partial charge < -0.3 is 10.4 Å². The average Bonchev–Trinajstić information content (AvgIpc) is 2.55. The molecule has 1 aliphatic heterocycles. The van der Waals surface area contributed by atoms with E-state index in [0.29, 0.717) is 30.8 Å². The number of β-amino-alcohol motifs (C(OH)–C–C–N with tert-alkyl or cyclic N) is 1. The minimum atomic E-state index is -0.775. The fourth-order valence-corrected chi connectivity index (χ4v) is 3.24. The van der Waals surface area contributed by atoms with Crippen molar-refractivity contribution in [1.29, 1.82) is 0 Å². The molecule has 0 saturated carbocycles. The second-order valence-electron chi connectivity index (χ2n) is 6.12. The van der Waals surface area contributed by atoms with Gasteiger partial charge in [-0.3, -0.25) is 9.69 Å². The average molecular weight is 328 g/mol. The summed E-state index contributed by atoms with van der Waals surface area (Å²) in [6, 6.07) is 13.5. The number of carbonyl (C=O) groups excluding carboxylic acids is 1. The van der Waals surface area contributed by atoms with Crippen LogP contribution < -0.4 is 5.32 Å². The first-order chi connectivity index (χ1) is 11.6.